The highest BCUT2D eigenvalue weighted by molar-refractivity contribution is 9.10. The lowest BCUT2D eigenvalue weighted by Gasteiger charge is -2.04. The molecule has 4 heteroatoms. The summed E-state index contributed by atoms with van der Waals surface area (Å²) in [5, 5.41) is 11.8. The van der Waals surface area contributed by atoms with E-state index in [2.05, 4.69) is 21.2 Å². The first kappa shape index (κ1) is 14.0. The fourth-order valence-electron chi connectivity index (χ4n) is 1.62. The number of hydrogen-bond acceptors (Lipinski definition) is 2. The molecule has 2 aromatic rings. The zero-order chi connectivity index (χ0) is 14.4. The minimum absolute atomic E-state index is 0.0563. The van der Waals surface area contributed by atoms with Gasteiger partial charge < -0.3 is 5.32 Å². The zero-order valence-corrected chi connectivity index (χ0v) is 12.1. The highest BCUT2D eigenvalue weighted by Crippen LogP contribution is 2.19. The van der Waals surface area contributed by atoms with Gasteiger partial charge in [-0.05, 0) is 29.8 Å². The molecule has 2 aromatic carbocycles. The molecule has 0 unspecified atom stereocenters. The summed E-state index contributed by atoms with van der Waals surface area (Å²) in [6.45, 7) is 0. The van der Waals surface area contributed by atoms with Crippen LogP contribution in [0.3, 0.4) is 0 Å². The number of carbonyl (C=O) groups excluding carboxylic acids is 1. The Kier molecular flexibility index (Phi) is 4.70. The van der Waals surface area contributed by atoms with E-state index in [0.717, 1.165) is 10.0 Å². The molecule has 1 N–H and O–H groups in total. The number of rotatable bonds is 3. The van der Waals surface area contributed by atoms with Crippen LogP contribution in [0.4, 0.5) is 5.69 Å². The summed E-state index contributed by atoms with van der Waals surface area (Å²) < 4.78 is 0.834. The lowest BCUT2D eigenvalue weighted by atomic mass is 10.1. The van der Waals surface area contributed by atoms with Crippen molar-refractivity contribution in [2.24, 2.45) is 0 Å². The van der Waals surface area contributed by atoms with Gasteiger partial charge in [-0.15, -0.1) is 0 Å². The van der Waals surface area contributed by atoms with Crippen molar-refractivity contribution in [2.45, 2.75) is 0 Å². The molecule has 1 amide bonds. The third kappa shape index (κ3) is 3.56. The first-order valence-electron chi connectivity index (χ1n) is 5.93. The van der Waals surface area contributed by atoms with Crippen LogP contribution in [-0.4, -0.2) is 5.91 Å². The molecular weight excluding hydrogens is 316 g/mol. The van der Waals surface area contributed by atoms with E-state index in [9.17, 15) is 4.79 Å². The Balaban J connectivity index is 2.23. The van der Waals surface area contributed by atoms with Crippen molar-refractivity contribution in [2.75, 3.05) is 5.32 Å². The van der Waals surface area contributed by atoms with E-state index in [1.807, 2.05) is 48.5 Å². The fraction of sp³-hybridized carbons (Fsp3) is 0. The second-order valence-electron chi connectivity index (χ2n) is 4.01. The molecule has 0 aliphatic heterocycles. The number of anilines is 1. The van der Waals surface area contributed by atoms with Crippen molar-refractivity contribution in [1.82, 2.24) is 0 Å². The summed E-state index contributed by atoms with van der Waals surface area (Å²) in [6, 6.07) is 18.4. The molecule has 0 aliphatic rings. The minimum Gasteiger partial charge on any atom is -0.321 e. The average Bonchev–Trinajstić information content (AvgIpc) is 2.47. The second kappa shape index (κ2) is 6.69. The van der Waals surface area contributed by atoms with Crippen LogP contribution < -0.4 is 5.32 Å². The van der Waals surface area contributed by atoms with Gasteiger partial charge in [-0.1, -0.05) is 52.3 Å². The monoisotopic (exact) mass is 326 g/mol. The van der Waals surface area contributed by atoms with Crippen molar-refractivity contribution in [3.63, 3.8) is 0 Å². The van der Waals surface area contributed by atoms with Gasteiger partial charge in [-0.2, -0.15) is 5.26 Å². The van der Waals surface area contributed by atoms with Crippen LogP contribution in [0.25, 0.3) is 6.08 Å². The van der Waals surface area contributed by atoms with Gasteiger partial charge >= 0.3 is 0 Å². The number of amides is 1. The lowest BCUT2D eigenvalue weighted by molar-refractivity contribution is -0.112. The predicted molar refractivity (Wildman–Crippen MR) is 82.8 cm³/mol. The smallest absolute Gasteiger partial charge is 0.266 e. The number of halogens is 1. The van der Waals surface area contributed by atoms with E-state index in [-0.39, 0.29) is 5.57 Å². The molecular formula is C16H11BrN2O. The molecule has 20 heavy (non-hydrogen) atoms. The Morgan fingerprint density at radius 1 is 1.10 bits per heavy atom. The Labute approximate surface area is 125 Å². The van der Waals surface area contributed by atoms with E-state index >= 15 is 0 Å². The molecule has 0 aromatic heterocycles. The molecule has 2 rings (SSSR count). The first-order valence-corrected chi connectivity index (χ1v) is 6.73. The van der Waals surface area contributed by atoms with Gasteiger partial charge in [-0.3, -0.25) is 4.79 Å². The number of benzene rings is 2. The van der Waals surface area contributed by atoms with E-state index < -0.39 is 5.91 Å². The van der Waals surface area contributed by atoms with Gasteiger partial charge in [0.05, 0.1) is 0 Å². The van der Waals surface area contributed by atoms with Gasteiger partial charge in [0.1, 0.15) is 11.6 Å². The number of hydrogen-bond donors (Lipinski definition) is 1. The van der Waals surface area contributed by atoms with E-state index in [1.165, 1.54) is 0 Å². The molecule has 0 spiro atoms. The van der Waals surface area contributed by atoms with Crippen LogP contribution in [0.1, 0.15) is 5.56 Å². The Morgan fingerprint density at radius 3 is 2.40 bits per heavy atom. The predicted octanol–water partition coefficient (Wildman–Crippen LogP) is 3.99. The van der Waals surface area contributed by atoms with Crippen LogP contribution in [0.2, 0.25) is 0 Å². The molecule has 98 valence electrons. The van der Waals surface area contributed by atoms with Crippen molar-refractivity contribution < 1.29 is 4.79 Å². The van der Waals surface area contributed by atoms with Gasteiger partial charge in [0.15, 0.2) is 0 Å². The van der Waals surface area contributed by atoms with Gasteiger partial charge in [0.2, 0.25) is 0 Å². The van der Waals surface area contributed by atoms with Gasteiger partial charge in [0, 0.05) is 10.2 Å². The Bertz CT molecular complexity index is 687. The van der Waals surface area contributed by atoms with Crippen LogP contribution in [0.5, 0.6) is 0 Å². The highest BCUT2D eigenvalue weighted by Gasteiger charge is 2.09. The third-order valence-electron chi connectivity index (χ3n) is 2.60. The minimum atomic E-state index is -0.422. The molecule has 0 saturated carbocycles. The normalized spacial score (nSPS) is 10.7. The van der Waals surface area contributed by atoms with Gasteiger partial charge in [-0.25, -0.2) is 0 Å². The number of nitriles is 1. The summed E-state index contributed by atoms with van der Waals surface area (Å²) in [6.07, 6.45) is 1.56. The fourth-order valence-corrected chi connectivity index (χ4v) is 2.02. The maximum atomic E-state index is 12.0. The molecule has 0 bridgehead atoms. The summed E-state index contributed by atoms with van der Waals surface area (Å²) in [4.78, 5) is 12.0. The molecule has 0 aliphatic carbocycles. The summed E-state index contributed by atoms with van der Waals surface area (Å²) in [7, 11) is 0. The summed E-state index contributed by atoms with van der Waals surface area (Å²) >= 11 is 3.38. The maximum Gasteiger partial charge on any atom is 0.266 e. The number of nitrogens with zero attached hydrogens (tertiary/aromatic N) is 1. The van der Waals surface area contributed by atoms with Crippen molar-refractivity contribution in [1.29, 1.82) is 5.26 Å². The zero-order valence-electron chi connectivity index (χ0n) is 10.5. The SMILES string of the molecule is N#C/C(=C/c1ccccc1Br)C(=O)Nc1ccccc1. The molecule has 0 radical (unpaired) electrons. The van der Waals surface area contributed by atoms with Crippen molar-refractivity contribution in [3.05, 3.63) is 70.2 Å². The third-order valence-corrected chi connectivity index (χ3v) is 3.32. The summed E-state index contributed by atoms with van der Waals surface area (Å²) in [5.74, 6) is -0.422. The topological polar surface area (TPSA) is 52.9 Å². The number of para-hydroxylation sites is 1. The molecule has 3 nitrogen and oxygen atoms in total. The van der Waals surface area contributed by atoms with Crippen molar-refractivity contribution in [3.8, 4) is 6.07 Å². The Hall–Kier alpha value is -2.38. The highest BCUT2D eigenvalue weighted by atomic mass is 79.9. The van der Waals surface area contributed by atoms with E-state index in [1.54, 1.807) is 18.2 Å². The molecule has 0 fully saturated rings. The second-order valence-corrected chi connectivity index (χ2v) is 4.87. The average molecular weight is 327 g/mol. The quantitative estimate of drug-likeness (QED) is 0.684. The first-order chi connectivity index (χ1) is 9.70. The van der Waals surface area contributed by atoms with Crippen LogP contribution in [0, 0.1) is 11.3 Å². The maximum absolute atomic E-state index is 12.0. The van der Waals surface area contributed by atoms with Crippen LogP contribution in [-0.2, 0) is 4.79 Å². The van der Waals surface area contributed by atoms with Crippen LogP contribution in [0.15, 0.2) is 64.6 Å². The summed E-state index contributed by atoms with van der Waals surface area (Å²) in [5.41, 5.74) is 1.50. The molecule has 0 atom stereocenters. The standard InChI is InChI=1S/C16H11BrN2O/c17-15-9-5-4-6-12(15)10-13(11-18)16(20)19-14-7-2-1-3-8-14/h1-10H,(H,19,20)/b13-10-. The Morgan fingerprint density at radius 2 is 1.75 bits per heavy atom. The van der Waals surface area contributed by atoms with Gasteiger partial charge in [0.25, 0.3) is 5.91 Å². The van der Waals surface area contributed by atoms with Crippen molar-refractivity contribution >= 4 is 33.6 Å². The number of nitrogens with one attached hydrogen (secondary N) is 1. The van der Waals surface area contributed by atoms with Crippen LogP contribution >= 0.6 is 15.9 Å². The van der Waals surface area contributed by atoms with E-state index in [0.29, 0.717) is 5.69 Å². The number of carbonyl (C=O) groups is 1. The lowest BCUT2D eigenvalue weighted by Crippen LogP contribution is -2.13. The largest absolute Gasteiger partial charge is 0.321 e. The molecule has 0 heterocycles. The molecule has 0 saturated heterocycles. The van der Waals surface area contributed by atoms with E-state index in [4.69, 9.17) is 5.26 Å².